The number of amides is 3. The molecule has 0 unspecified atom stereocenters. The number of rotatable bonds is 8. The summed E-state index contributed by atoms with van der Waals surface area (Å²) >= 11 is 0. The van der Waals surface area contributed by atoms with Gasteiger partial charge in [-0.25, -0.2) is 4.39 Å². The normalized spacial score (nSPS) is 10.4. The molecule has 3 N–H and O–H groups in total. The van der Waals surface area contributed by atoms with Crippen LogP contribution in [-0.4, -0.2) is 24.3 Å². The highest BCUT2D eigenvalue weighted by Gasteiger charge is 2.10. The zero-order chi connectivity index (χ0) is 20.5. The Morgan fingerprint density at radius 3 is 2.29 bits per heavy atom. The van der Waals surface area contributed by atoms with E-state index in [0.717, 1.165) is 6.42 Å². The van der Waals surface area contributed by atoms with E-state index in [1.165, 1.54) is 24.3 Å². The minimum absolute atomic E-state index is 0.142. The Labute approximate surface area is 163 Å². The Balaban J connectivity index is 1.89. The van der Waals surface area contributed by atoms with E-state index in [2.05, 4.69) is 16.0 Å². The van der Waals surface area contributed by atoms with Gasteiger partial charge in [-0.15, -0.1) is 0 Å². The molecular formula is C21H24FN3O3. The molecule has 7 heteroatoms. The summed E-state index contributed by atoms with van der Waals surface area (Å²) in [6.45, 7) is 3.91. The predicted molar refractivity (Wildman–Crippen MR) is 107 cm³/mol. The van der Waals surface area contributed by atoms with Crippen LogP contribution in [0.2, 0.25) is 0 Å². The van der Waals surface area contributed by atoms with Gasteiger partial charge in [0, 0.05) is 23.4 Å². The molecule has 0 saturated carbocycles. The third-order valence-electron chi connectivity index (χ3n) is 3.89. The van der Waals surface area contributed by atoms with Gasteiger partial charge in [-0.1, -0.05) is 26.0 Å². The van der Waals surface area contributed by atoms with E-state index >= 15 is 0 Å². The maximum Gasteiger partial charge on any atom is 0.255 e. The lowest BCUT2D eigenvalue weighted by molar-refractivity contribution is -0.124. The summed E-state index contributed by atoms with van der Waals surface area (Å²) in [7, 11) is 0. The molecule has 0 aliphatic rings. The van der Waals surface area contributed by atoms with Gasteiger partial charge < -0.3 is 16.0 Å². The maximum atomic E-state index is 13.2. The summed E-state index contributed by atoms with van der Waals surface area (Å²) in [6.07, 6.45) is 1.14. The summed E-state index contributed by atoms with van der Waals surface area (Å²) in [5, 5.41) is 7.80. The van der Waals surface area contributed by atoms with Crippen LogP contribution in [0, 0.1) is 11.7 Å². The fraction of sp³-hybridized carbons (Fsp3) is 0.286. The molecule has 2 aromatic carbocycles. The molecule has 0 fully saturated rings. The van der Waals surface area contributed by atoms with E-state index in [-0.39, 0.29) is 18.4 Å². The predicted octanol–water partition coefficient (Wildman–Crippen LogP) is 3.57. The Morgan fingerprint density at radius 1 is 0.929 bits per heavy atom. The summed E-state index contributed by atoms with van der Waals surface area (Å²) in [5.41, 5.74) is 1.07. The Hall–Kier alpha value is -3.22. The van der Waals surface area contributed by atoms with Gasteiger partial charge in [0.25, 0.3) is 5.91 Å². The van der Waals surface area contributed by atoms with Crippen LogP contribution in [0.15, 0.2) is 48.5 Å². The number of benzene rings is 2. The van der Waals surface area contributed by atoms with E-state index < -0.39 is 11.7 Å². The van der Waals surface area contributed by atoms with E-state index in [1.54, 1.807) is 24.3 Å². The molecule has 2 rings (SSSR count). The minimum atomic E-state index is -0.450. The van der Waals surface area contributed by atoms with Crippen LogP contribution in [-0.2, 0) is 9.59 Å². The highest BCUT2D eigenvalue weighted by Crippen LogP contribution is 2.14. The number of halogens is 1. The first kappa shape index (κ1) is 21.1. The van der Waals surface area contributed by atoms with Gasteiger partial charge in [0.1, 0.15) is 5.82 Å². The molecule has 0 aromatic heterocycles. The van der Waals surface area contributed by atoms with E-state index in [0.29, 0.717) is 29.3 Å². The lowest BCUT2D eigenvalue weighted by Crippen LogP contribution is -2.32. The van der Waals surface area contributed by atoms with Gasteiger partial charge in [0.05, 0.1) is 6.54 Å². The molecular weight excluding hydrogens is 361 g/mol. The standard InChI is InChI=1S/C21H24FN3O3/c1-14(2)9-10-19(26)23-13-20(27)24-17-7-3-5-15(11-17)21(28)25-18-8-4-6-16(22)12-18/h3-8,11-12,14H,9-10,13H2,1-2H3,(H,23,26)(H,24,27)(H,25,28). The fourth-order valence-electron chi connectivity index (χ4n) is 2.40. The van der Waals surface area contributed by atoms with Crippen molar-refractivity contribution in [2.45, 2.75) is 26.7 Å². The van der Waals surface area contributed by atoms with Crippen LogP contribution in [0.3, 0.4) is 0 Å². The highest BCUT2D eigenvalue weighted by atomic mass is 19.1. The largest absolute Gasteiger partial charge is 0.347 e. The minimum Gasteiger partial charge on any atom is -0.347 e. The van der Waals surface area contributed by atoms with Crippen molar-refractivity contribution in [3.8, 4) is 0 Å². The Morgan fingerprint density at radius 2 is 1.61 bits per heavy atom. The molecule has 6 nitrogen and oxygen atoms in total. The first-order chi connectivity index (χ1) is 13.3. The van der Waals surface area contributed by atoms with Crippen LogP contribution in [0.4, 0.5) is 15.8 Å². The summed E-state index contributed by atoms with van der Waals surface area (Å²) in [5.74, 6) is -1.02. The van der Waals surface area contributed by atoms with Crippen molar-refractivity contribution in [1.82, 2.24) is 5.32 Å². The molecule has 0 bridgehead atoms. The van der Waals surface area contributed by atoms with Gasteiger partial charge in [-0.3, -0.25) is 14.4 Å². The van der Waals surface area contributed by atoms with E-state index in [4.69, 9.17) is 0 Å². The molecule has 0 aliphatic heterocycles. The van der Waals surface area contributed by atoms with Crippen molar-refractivity contribution in [3.05, 3.63) is 59.9 Å². The molecule has 2 aromatic rings. The van der Waals surface area contributed by atoms with Crippen LogP contribution in [0.5, 0.6) is 0 Å². The van der Waals surface area contributed by atoms with Crippen LogP contribution in [0.1, 0.15) is 37.0 Å². The quantitative estimate of drug-likeness (QED) is 0.649. The van der Waals surface area contributed by atoms with Crippen LogP contribution < -0.4 is 16.0 Å². The summed E-state index contributed by atoms with van der Waals surface area (Å²) in [4.78, 5) is 36.0. The molecule has 0 saturated heterocycles. The number of hydrogen-bond acceptors (Lipinski definition) is 3. The van der Waals surface area contributed by atoms with Crippen molar-refractivity contribution in [2.75, 3.05) is 17.2 Å². The third kappa shape index (κ3) is 7.19. The average Bonchev–Trinajstić information content (AvgIpc) is 2.65. The van der Waals surface area contributed by atoms with Gasteiger partial charge in [0.2, 0.25) is 11.8 Å². The first-order valence-electron chi connectivity index (χ1n) is 9.07. The summed E-state index contributed by atoms with van der Waals surface area (Å²) < 4.78 is 13.2. The lowest BCUT2D eigenvalue weighted by atomic mass is 10.1. The molecule has 148 valence electrons. The number of hydrogen-bond donors (Lipinski definition) is 3. The Kier molecular flexibility index (Phi) is 7.68. The van der Waals surface area contributed by atoms with Crippen LogP contribution in [0.25, 0.3) is 0 Å². The second-order valence-electron chi connectivity index (χ2n) is 6.80. The number of carbonyl (C=O) groups excluding carboxylic acids is 3. The van der Waals surface area contributed by atoms with Gasteiger partial charge >= 0.3 is 0 Å². The molecule has 0 atom stereocenters. The monoisotopic (exact) mass is 385 g/mol. The number of carbonyl (C=O) groups is 3. The van der Waals surface area contributed by atoms with Gasteiger partial charge in [0.15, 0.2) is 0 Å². The fourth-order valence-corrected chi connectivity index (χ4v) is 2.40. The summed E-state index contributed by atoms with van der Waals surface area (Å²) in [6, 6.07) is 11.9. The average molecular weight is 385 g/mol. The van der Waals surface area contributed by atoms with Crippen molar-refractivity contribution < 1.29 is 18.8 Å². The van der Waals surface area contributed by atoms with Crippen molar-refractivity contribution >= 4 is 29.1 Å². The van der Waals surface area contributed by atoms with Crippen LogP contribution >= 0.6 is 0 Å². The van der Waals surface area contributed by atoms with Crippen molar-refractivity contribution in [3.63, 3.8) is 0 Å². The second-order valence-corrected chi connectivity index (χ2v) is 6.80. The van der Waals surface area contributed by atoms with Gasteiger partial charge in [-0.2, -0.15) is 0 Å². The Bertz CT molecular complexity index is 852. The van der Waals surface area contributed by atoms with E-state index in [9.17, 15) is 18.8 Å². The highest BCUT2D eigenvalue weighted by molar-refractivity contribution is 6.05. The second kappa shape index (κ2) is 10.2. The lowest BCUT2D eigenvalue weighted by Gasteiger charge is -2.10. The topological polar surface area (TPSA) is 87.3 Å². The van der Waals surface area contributed by atoms with Crippen molar-refractivity contribution in [2.24, 2.45) is 5.92 Å². The molecule has 0 radical (unpaired) electrons. The zero-order valence-corrected chi connectivity index (χ0v) is 15.9. The number of anilines is 2. The smallest absolute Gasteiger partial charge is 0.255 e. The van der Waals surface area contributed by atoms with Crippen molar-refractivity contribution in [1.29, 1.82) is 0 Å². The first-order valence-corrected chi connectivity index (χ1v) is 9.07. The molecule has 0 aliphatic carbocycles. The maximum absolute atomic E-state index is 13.2. The van der Waals surface area contributed by atoms with Gasteiger partial charge in [-0.05, 0) is 48.7 Å². The molecule has 28 heavy (non-hydrogen) atoms. The van der Waals surface area contributed by atoms with E-state index in [1.807, 2.05) is 13.8 Å². The number of nitrogens with one attached hydrogen (secondary N) is 3. The third-order valence-corrected chi connectivity index (χ3v) is 3.89. The molecule has 0 heterocycles. The molecule has 0 spiro atoms. The molecule has 3 amide bonds. The SMILES string of the molecule is CC(C)CCC(=O)NCC(=O)Nc1cccc(C(=O)Nc2cccc(F)c2)c1. The zero-order valence-electron chi connectivity index (χ0n) is 15.9.